The molecule has 5 heteroatoms. The molecule has 128 valence electrons. The minimum Gasteiger partial charge on any atom is -0.493 e. The molecule has 0 N–H and O–H groups in total. The van der Waals surface area contributed by atoms with Crippen molar-refractivity contribution in [3.05, 3.63) is 41.5 Å². The molecule has 2 aromatic rings. The summed E-state index contributed by atoms with van der Waals surface area (Å²) in [5.41, 5.74) is 1.92. The standard InChI is InChI=1S/C19H22O5/c1-20-15-9-8-13(10-16(15)21-2)6-7-14-11-17(22-3)19(24-5)18(12-14)23-4/h6-12H,1-5H3/b7-6-. The van der Waals surface area contributed by atoms with Crippen molar-refractivity contribution >= 4 is 12.2 Å². The molecule has 5 nitrogen and oxygen atoms in total. The first kappa shape index (κ1) is 17.5. The van der Waals surface area contributed by atoms with E-state index in [1.807, 2.05) is 42.5 Å². The van der Waals surface area contributed by atoms with Crippen molar-refractivity contribution in [3.63, 3.8) is 0 Å². The lowest BCUT2D eigenvalue weighted by Crippen LogP contribution is -1.95. The van der Waals surface area contributed by atoms with Crippen molar-refractivity contribution in [1.82, 2.24) is 0 Å². The van der Waals surface area contributed by atoms with Gasteiger partial charge in [-0.05, 0) is 35.4 Å². The van der Waals surface area contributed by atoms with Crippen molar-refractivity contribution in [1.29, 1.82) is 0 Å². The summed E-state index contributed by atoms with van der Waals surface area (Å²) in [5.74, 6) is 3.18. The Kier molecular flexibility index (Phi) is 5.95. The second-order valence-corrected chi connectivity index (χ2v) is 4.91. The van der Waals surface area contributed by atoms with Crippen LogP contribution in [-0.4, -0.2) is 35.5 Å². The van der Waals surface area contributed by atoms with Gasteiger partial charge in [-0.15, -0.1) is 0 Å². The lowest BCUT2D eigenvalue weighted by molar-refractivity contribution is 0.324. The number of methoxy groups -OCH3 is 5. The molecule has 0 saturated heterocycles. The van der Waals surface area contributed by atoms with Crippen LogP contribution < -0.4 is 23.7 Å². The minimum atomic E-state index is 0.572. The molecule has 0 amide bonds. The van der Waals surface area contributed by atoms with E-state index in [1.54, 1.807) is 35.5 Å². The second kappa shape index (κ2) is 8.15. The van der Waals surface area contributed by atoms with Crippen LogP contribution in [0.4, 0.5) is 0 Å². The average Bonchev–Trinajstić information content (AvgIpc) is 2.64. The largest absolute Gasteiger partial charge is 0.493 e. The number of rotatable bonds is 7. The van der Waals surface area contributed by atoms with E-state index >= 15 is 0 Å². The van der Waals surface area contributed by atoms with Crippen LogP contribution in [-0.2, 0) is 0 Å². The first-order chi connectivity index (χ1) is 11.7. The van der Waals surface area contributed by atoms with Crippen molar-refractivity contribution in [2.45, 2.75) is 0 Å². The highest BCUT2D eigenvalue weighted by Gasteiger charge is 2.12. The highest BCUT2D eigenvalue weighted by Crippen LogP contribution is 2.38. The zero-order chi connectivity index (χ0) is 17.5. The van der Waals surface area contributed by atoms with Gasteiger partial charge in [0.25, 0.3) is 0 Å². The summed E-state index contributed by atoms with van der Waals surface area (Å²) in [6.45, 7) is 0. The highest BCUT2D eigenvalue weighted by atomic mass is 16.5. The van der Waals surface area contributed by atoms with Gasteiger partial charge in [0.2, 0.25) is 5.75 Å². The smallest absolute Gasteiger partial charge is 0.203 e. The van der Waals surface area contributed by atoms with Crippen LogP contribution in [0, 0.1) is 0 Å². The molecule has 2 rings (SSSR count). The fourth-order valence-electron chi connectivity index (χ4n) is 2.35. The van der Waals surface area contributed by atoms with Crippen LogP contribution in [0.2, 0.25) is 0 Å². The molecule has 0 spiro atoms. The van der Waals surface area contributed by atoms with Gasteiger partial charge in [-0.3, -0.25) is 0 Å². The second-order valence-electron chi connectivity index (χ2n) is 4.91. The lowest BCUT2D eigenvalue weighted by Gasteiger charge is -2.13. The van der Waals surface area contributed by atoms with Gasteiger partial charge >= 0.3 is 0 Å². The Labute approximate surface area is 142 Å². The first-order valence-corrected chi connectivity index (χ1v) is 7.37. The van der Waals surface area contributed by atoms with E-state index in [0.717, 1.165) is 11.1 Å². The van der Waals surface area contributed by atoms with Gasteiger partial charge in [0.1, 0.15) is 0 Å². The van der Waals surface area contributed by atoms with E-state index in [0.29, 0.717) is 28.7 Å². The third-order valence-electron chi connectivity index (χ3n) is 3.56. The summed E-state index contributed by atoms with van der Waals surface area (Å²) in [6, 6.07) is 9.51. The Bertz CT molecular complexity index is 697. The molecule has 0 atom stereocenters. The summed E-state index contributed by atoms with van der Waals surface area (Å²) >= 11 is 0. The lowest BCUT2D eigenvalue weighted by atomic mass is 10.1. The zero-order valence-corrected chi connectivity index (χ0v) is 14.6. The van der Waals surface area contributed by atoms with Gasteiger partial charge in [0, 0.05) is 0 Å². The SMILES string of the molecule is COc1ccc(/C=C\c2cc(OC)c(OC)c(OC)c2)cc1OC. The summed E-state index contributed by atoms with van der Waals surface area (Å²) in [4.78, 5) is 0. The molecule has 0 bridgehead atoms. The third kappa shape index (κ3) is 3.74. The molecular weight excluding hydrogens is 308 g/mol. The maximum Gasteiger partial charge on any atom is 0.203 e. The van der Waals surface area contributed by atoms with E-state index in [4.69, 9.17) is 23.7 Å². The monoisotopic (exact) mass is 330 g/mol. The van der Waals surface area contributed by atoms with Gasteiger partial charge in [-0.2, -0.15) is 0 Å². The molecule has 0 aliphatic rings. The van der Waals surface area contributed by atoms with Crippen molar-refractivity contribution in [3.8, 4) is 28.7 Å². The Morgan fingerprint density at radius 2 is 1.04 bits per heavy atom. The maximum absolute atomic E-state index is 5.36. The van der Waals surface area contributed by atoms with Crippen LogP contribution in [0.3, 0.4) is 0 Å². The highest BCUT2D eigenvalue weighted by molar-refractivity contribution is 5.73. The number of ether oxygens (including phenoxy) is 5. The van der Waals surface area contributed by atoms with E-state index in [2.05, 4.69) is 0 Å². The van der Waals surface area contributed by atoms with Crippen LogP contribution in [0.25, 0.3) is 12.2 Å². The topological polar surface area (TPSA) is 46.2 Å². The van der Waals surface area contributed by atoms with E-state index in [9.17, 15) is 0 Å². The molecular formula is C19H22O5. The van der Waals surface area contributed by atoms with Gasteiger partial charge in [0.15, 0.2) is 23.0 Å². The molecule has 0 saturated carbocycles. The Hall–Kier alpha value is -2.82. The molecule has 0 aliphatic heterocycles. The van der Waals surface area contributed by atoms with E-state index in [-0.39, 0.29) is 0 Å². The van der Waals surface area contributed by atoms with Crippen molar-refractivity contribution in [2.75, 3.05) is 35.5 Å². The molecule has 0 unspecified atom stereocenters. The Morgan fingerprint density at radius 3 is 1.54 bits per heavy atom. The van der Waals surface area contributed by atoms with Gasteiger partial charge < -0.3 is 23.7 Å². The first-order valence-electron chi connectivity index (χ1n) is 7.37. The van der Waals surface area contributed by atoms with E-state index in [1.165, 1.54) is 0 Å². The molecule has 0 aliphatic carbocycles. The molecule has 0 fully saturated rings. The molecule has 0 heterocycles. The summed E-state index contributed by atoms with van der Waals surface area (Å²) in [5, 5.41) is 0. The molecule has 0 aromatic heterocycles. The van der Waals surface area contributed by atoms with E-state index < -0.39 is 0 Å². The summed E-state index contributed by atoms with van der Waals surface area (Å²) < 4.78 is 26.6. The van der Waals surface area contributed by atoms with Gasteiger partial charge in [-0.1, -0.05) is 18.2 Å². The zero-order valence-electron chi connectivity index (χ0n) is 14.6. The number of hydrogen-bond donors (Lipinski definition) is 0. The fraction of sp³-hybridized carbons (Fsp3) is 0.263. The fourth-order valence-corrected chi connectivity index (χ4v) is 2.35. The Morgan fingerprint density at radius 1 is 0.542 bits per heavy atom. The van der Waals surface area contributed by atoms with Crippen molar-refractivity contribution in [2.24, 2.45) is 0 Å². The quantitative estimate of drug-likeness (QED) is 0.721. The number of benzene rings is 2. The third-order valence-corrected chi connectivity index (χ3v) is 3.56. The Balaban J connectivity index is 2.35. The average molecular weight is 330 g/mol. The van der Waals surface area contributed by atoms with Crippen LogP contribution in [0.15, 0.2) is 30.3 Å². The minimum absolute atomic E-state index is 0.572. The predicted molar refractivity (Wildman–Crippen MR) is 94.6 cm³/mol. The van der Waals surface area contributed by atoms with Gasteiger partial charge in [0.05, 0.1) is 35.5 Å². The summed E-state index contributed by atoms with van der Waals surface area (Å²) in [6.07, 6.45) is 3.94. The maximum atomic E-state index is 5.36. The molecule has 24 heavy (non-hydrogen) atoms. The van der Waals surface area contributed by atoms with Crippen molar-refractivity contribution < 1.29 is 23.7 Å². The number of hydrogen-bond acceptors (Lipinski definition) is 5. The summed E-state index contributed by atoms with van der Waals surface area (Å²) in [7, 11) is 8.01. The van der Waals surface area contributed by atoms with Gasteiger partial charge in [-0.25, -0.2) is 0 Å². The van der Waals surface area contributed by atoms with Crippen LogP contribution >= 0.6 is 0 Å². The molecule has 2 aromatic carbocycles. The van der Waals surface area contributed by atoms with Crippen LogP contribution in [0.1, 0.15) is 11.1 Å². The van der Waals surface area contributed by atoms with Crippen LogP contribution in [0.5, 0.6) is 28.7 Å². The molecule has 0 radical (unpaired) electrons. The predicted octanol–water partition coefficient (Wildman–Crippen LogP) is 3.90. The normalized spacial score (nSPS) is 10.5.